The molecule has 3 rings (SSSR count). The predicted molar refractivity (Wildman–Crippen MR) is 130 cm³/mol. The molecule has 0 aliphatic carbocycles. The normalized spacial score (nSPS) is 11.0. The van der Waals surface area contributed by atoms with E-state index in [1.54, 1.807) is 12.1 Å². The average Bonchev–Trinajstić information content (AvgIpc) is 3.17. The third-order valence-electron chi connectivity index (χ3n) is 4.54. The molecule has 31 heavy (non-hydrogen) atoms. The Morgan fingerprint density at radius 3 is 2.58 bits per heavy atom. The van der Waals surface area contributed by atoms with Crippen molar-refractivity contribution < 1.29 is 4.79 Å². The molecular formula is C22H23Cl3N4OS. The molecule has 0 aliphatic heterocycles. The maximum Gasteiger partial charge on any atom is 0.220 e. The number of unbranched alkanes of at least 4 members (excludes halogenated alkanes) is 1. The van der Waals surface area contributed by atoms with Gasteiger partial charge in [-0.1, -0.05) is 72.0 Å². The van der Waals surface area contributed by atoms with E-state index in [0.717, 1.165) is 42.8 Å². The highest BCUT2D eigenvalue weighted by Gasteiger charge is 2.18. The van der Waals surface area contributed by atoms with Crippen molar-refractivity contribution >= 4 is 52.5 Å². The fraction of sp³-hybridized carbons (Fsp3) is 0.318. The van der Waals surface area contributed by atoms with Gasteiger partial charge >= 0.3 is 0 Å². The van der Waals surface area contributed by atoms with Gasteiger partial charge in [0, 0.05) is 24.3 Å². The summed E-state index contributed by atoms with van der Waals surface area (Å²) in [5.74, 6) is 1.42. The van der Waals surface area contributed by atoms with Crippen molar-refractivity contribution in [2.24, 2.45) is 0 Å². The van der Waals surface area contributed by atoms with Crippen LogP contribution < -0.4 is 5.32 Å². The van der Waals surface area contributed by atoms with Gasteiger partial charge in [-0.25, -0.2) is 0 Å². The molecule has 0 saturated heterocycles. The van der Waals surface area contributed by atoms with Crippen molar-refractivity contribution in [3.05, 3.63) is 57.5 Å². The first-order valence-electron chi connectivity index (χ1n) is 10.1. The number of aromatic nitrogens is 3. The Morgan fingerprint density at radius 1 is 1.03 bits per heavy atom. The summed E-state index contributed by atoms with van der Waals surface area (Å²) in [7, 11) is 0. The van der Waals surface area contributed by atoms with Gasteiger partial charge in [-0.3, -0.25) is 9.36 Å². The molecule has 0 unspecified atom stereocenters. The molecule has 0 aliphatic rings. The SMILES string of the molecule is CCCCNC(=O)CCCSc1nnc(-c2ccccc2Cl)n1-c1ccc(Cl)c(Cl)c1. The second kappa shape index (κ2) is 11.8. The highest BCUT2D eigenvalue weighted by molar-refractivity contribution is 7.99. The molecule has 0 atom stereocenters. The lowest BCUT2D eigenvalue weighted by molar-refractivity contribution is -0.121. The summed E-state index contributed by atoms with van der Waals surface area (Å²) in [5, 5.41) is 13.9. The number of hydrogen-bond acceptors (Lipinski definition) is 4. The zero-order chi connectivity index (χ0) is 22.2. The quantitative estimate of drug-likeness (QED) is 0.250. The zero-order valence-corrected chi connectivity index (χ0v) is 20.2. The Labute approximate surface area is 201 Å². The maximum absolute atomic E-state index is 11.9. The van der Waals surface area contributed by atoms with Crippen molar-refractivity contribution in [3.8, 4) is 17.1 Å². The fourth-order valence-electron chi connectivity index (χ4n) is 2.93. The van der Waals surface area contributed by atoms with Crippen molar-refractivity contribution in [1.29, 1.82) is 0 Å². The first-order valence-corrected chi connectivity index (χ1v) is 12.2. The summed E-state index contributed by atoms with van der Waals surface area (Å²) in [5.41, 5.74) is 1.55. The number of nitrogens with one attached hydrogen (secondary N) is 1. The van der Waals surface area contributed by atoms with E-state index in [1.807, 2.05) is 34.9 Å². The van der Waals surface area contributed by atoms with Crippen LogP contribution in [0, 0.1) is 0 Å². The molecule has 0 radical (unpaired) electrons. The van der Waals surface area contributed by atoms with Gasteiger partial charge in [0.1, 0.15) is 0 Å². The Balaban J connectivity index is 1.80. The summed E-state index contributed by atoms with van der Waals surface area (Å²) < 4.78 is 1.91. The highest BCUT2D eigenvalue weighted by atomic mass is 35.5. The van der Waals surface area contributed by atoms with Gasteiger partial charge in [-0.2, -0.15) is 0 Å². The number of carbonyl (C=O) groups is 1. The Morgan fingerprint density at radius 2 is 1.84 bits per heavy atom. The van der Waals surface area contributed by atoms with Gasteiger partial charge in [0.05, 0.1) is 20.8 Å². The van der Waals surface area contributed by atoms with Crippen LogP contribution in [0.25, 0.3) is 17.1 Å². The third kappa shape index (κ3) is 6.39. The summed E-state index contributed by atoms with van der Waals surface area (Å²) in [6.07, 6.45) is 3.28. The average molecular weight is 498 g/mol. The number of carbonyl (C=O) groups excluding carboxylic acids is 1. The summed E-state index contributed by atoms with van der Waals surface area (Å²) >= 11 is 20.3. The first-order chi connectivity index (χ1) is 15.0. The van der Waals surface area contributed by atoms with Crippen LogP contribution in [0.5, 0.6) is 0 Å². The Bertz CT molecular complexity index is 1040. The fourth-order valence-corrected chi connectivity index (χ4v) is 4.33. The van der Waals surface area contributed by atoms with Crippen LogP contribution in [0.4, 0.5) is 0 Å². The standard InChI is InChI=1S/C22H23Cl3N4OS/c1-2-3-12-26-20(30)9-6-13-31-22-28-27-21(16-7-4-5-8-17(16)23)29(22)15-10-11-18(24)19(25)14-15/h4-5,7-8,10-11,14H,2-3,6,9,12-13H2,1H3,(H,26,30). The number of rotatable bonds is 10. The molecule has 3 aromatic rings. The van der Waals surface area contributed by atoms with Gasteiger partial charge in [0.2, 0.25) is 5.91 Å². The van der Waals surface area contributed by atoms with Gasteiger partial charge in [0.15, 0.2) is 11.0 Å². The molecule has 1 N–H and O–H groups in total. The molecule has 0 spiro atoms. The van der Waals surface area contributed by atoms with Crippen molar-refractivity contribution in [2.75, 3.05) is 12.3 Å². The van der Waals surface area contributed by atoms with E-state index in [-0.39, 0.29) is 5.91 Å². The molecule has 1 aromatic heterocycles. The lowest BCUT2D eigenvalue weighted by Gasteiger charge is -2.12. The topological polar surface area (TPSA) is 59.8 Å². The molecule has 0 fully saturated rings. The Kier molecular flexibility index (Phi) is 9.08. The number of halogens is 3. The van der Waals surface area contributed by atoms with Crippen LogP contribution in [-0.4, -0.2) is 33.0 Å². The van der Waals surface area contributed by atoms with Crippen LogP contribution in [0.1, 0.15) is 32.6 Å². The Hall–Kier alpha value is -1.73. The van der Waals surface area contributed by atoms with Crippen LogP contribution in [0.3, 0.4) is 0 Å². The monoisotopic (exact) mass is 496 g/mol. The second-order valence-electron chi connectivity index (χ2n) is 6.88. The molecule has 5 nitrogen and oxygen atoms in total. The molecule has 9 heteroatoms. The molecule has 0 saturated carbocycles. The third-order valence-corrected chi connectivity index (χ3v) is 6.63. The molecule has 0 bridgehead atoms. The summed E-state index contributed by atoms with van der Waals surface area (Å²) in [6, 6.07) is 12.9. The van der Waals surface area contributed by atoms with Crippen LogP contribution in [0.15, 0.2) is 47.6 Å². The molecular weight excluding hydrogens is 475 g/mol. The van der Waals surface area contributed by atoms with E-state index in [0.29, 0.717) is 32.5 Å². The molecule has 1 amide bonds. The van der Waals surface area contributed by atoms with Crippen molar-refractivity contribution in [2.45, 2.75) is 37.8 Å². The predicted octanol–water partition coefficient (Wildman–Crippen LogP) is 6.68. The zero-order valence-electron chi connectivity index (χ0n) is 17.1. The minimum absolute atomic E-state index is 0.0803. The summed E-state index contributed by atoms with van der Waals surface area (Å²) in [6.45, 7) is 2.83. The van der Waals surface area contributed by atoms with E-state index in [1.165, 1.54) is 11.8 Å². The first kappa shape index (κ1) is 23.9. The van der Waals surface area contributed by atoms with E-state index in [4.69, 9.17) is 34.8 Å². The van der Waals surface area contributed by atoms with E-state index in [2.05, 4.69) is 22.4 Å². The van der Waals surface area contributed by atoms with Crippen LogP contribution in [-0.2, 0) is 4.79 Å². The maximum atomic E-state index is 11.9. The summed E-state index contributed by atoms with van der Waals surface area (Å²) in [4.78, 5) is 11.9. The lowest BCUT2D eigenvalue weighted by Crippen LogP contribution is -2.24. The van der Waals surface area contributed by atoms with Crippen LogP contribution >= 0.6 is 46.6 Å². The van der Waals surface area contributed by atoms with Gasteiger partial charge in [-0.15, -0.1) is 10.2 Å². The highest BCUT2D eigenvalue weighted by Crippen LogP contribution is 2.34. The largest absolute Gasteiger partial charge is 0.356 e. The molecule has 164 valence electrons. The van der Waals surface area contributed by atoms with Gasteiger partial charge < -0.3 is 5.32 Å². The van der Waals surface area contributed by atoms with E-state index in [9.17, 15) is 4.79 Å². The van der Waals surface area contributed by atoms with Crippen LogP contribution in [0.2, 0.25) is 15.1 Å². The number of hydrogen-bond donors (Lipinski definition) is 1. The smallest absolute Gasteiger partial charge is 0.220 e. The molecule has 2 aromatic carbocycles. The van der Waals surface area contributed by atoms with E-state index >= 15 is 0 Å². The number of benzene rings is 2. The number of nitrogens with zero attached hydrogens (tertiary/aromatic N) is 3. The number of amides is 1. The van der Waals surface area contributed by atoms with Gasteiger partial charge in [0.25, 0.3) is 0 Å². The second-order valence-corrected chi connectivity index (χ2v) is 9.16. The number of thioether (sulfide) groups is 1. The van der Waals surface area contributed by atoms with E-state index < -0.39 is 0 Å². The minimum Gasteiger partial charge on any atom is -0.356 e. The lowest BCUT2D eigenvalue weighted by atomic mass is 10.2. The van der Waals surface area contributed by atoms with Crippen molar-refractivity contribution in [3.63, 3.8) is 0 Å². The van der Waals surface area contributed by atoms with Crippen molar-refractivity contribution in [1.82, 2.24) is 20.1 Å². The molecule has 1 heterocycles. The van der Waals surface area contributed by atoms with Gasteiger partial charge in [-0.05, 0) is 43.2 Å². The minimum atomic E-state index is 0.0803.